The van der Waals surface area contributed by atoms with Crippen molar-refractivity contribution >= 4 is 27.8 Å². The van der Waals surface area contributed by atoms with Crippen LogP contribution < -0.4 is 0 Å². The fourth-order valence-corrected chi connectivity index (χ4v) is 3.32. The Labute approximate surface area is 148 Å². The molecule has 6 heteroatoms. The van der Waals surface area contributed by atoms with E-state index >= 15 is 0 Å². The first-order chi connectivity index (χ1) is 11.5. The molecule has 3 rings (SSSR count). The minimum absolute atomic E-state index is 0.0192. The summed E-state index contributed by atoms with van der Waals surface area (Å²) in [6, 6.07) is 9.05. The molecule has 1 amide bonds. The van der Waals surface area contributed by atoms with Crippen molar-refractivity contribution in [1.82, 2.24) is 9.88 Å². The molecule has 1 aliphatic rings. The Hall–Kier alpha value is -2.21. The second kappa shape index (κ2) is 6.73. The molecule has 24 heavy (non-hydrogen) atoms. The summed E-state index contributed by atoms with van der Waals surface area (Å²) in [5.41, 5.74) is 2.48. The quantitative estimate of drug-likeness (QED) is 0.866. The smallest absolute Gasteiger partial charge is 0.354 e. The summed E-state index contributed by atoms with van der Waals surface area (Å²) >= 11 is 3.50. The molecule has 2 heterocycles. The molecule has 1 aromatic carbocycles. The highest BCUT2D eigenvalue weighted by Gasteiger charge is 2.31. The number of nitrogens with zero attached hydrogens (tertiary/aromatic N) is 2. The SMILES string of the molecule is Cc1cc(C2CCCN2C(=O)c2ccnc(C(=O)O)c2)ccc1Br. The molecule has 1 saturated heterocycles. The highest BCUT2D eigenvalue weighted by molar-refractivity contribution is 9.10. The van der Waals surface area contributed by atoms with Crippen LogP contribution in [0.25, 0.3) is 0 Å². The molecule has 0 spiro atoms. The third kappa shape index (κ3) is 3.19. The van der Waals surface area contributed by atoms with Gasteiger partial charge in [-0.05, 0) is 49.1 Å². The van der Waals surface area contributed by atoms with Crippen LogP contribution in [0.2, 0.25) is 0 Å². The number of aromatic nitrogens is 1. The summed E-state index contributed by atoms with van der Waals surface area (Å²) in [6.45, 7) is 2.69. The lowest BCUT2D eigenvalue weighted by atomic mass is 10.0. The number of aromatic carboxylic acids is 1. The van der Waals surface area contributed by atoms with E-state index in [1.807, 2.05) is 24.0 Å². The van der Waals surface area contributed by atoms with Crippen LogP contribution >= 0.6 is 15.9 Å². The van der Waals surface area contributed by atoms with Crippen molar-refractivity contribution in [3.63, 3.8) is 0 Å². The lowest BCUT2D eigenvalue weighted by Crippen LogP contribution is -2.30. The maximum absolute atomic E-state index is 12.9. The minimum Gasteiger partial charge on any atom is -0.477 e. The van der Waals surface area contributed by atoms with E-state index < -0.39 is 5.97 Å². The average Bonchev–Trinajstić information content (AvgIpc) is 3.06. The zero-order valence-electron chi connectivity index (χ0n) is 13.2. The molecule has 1 aromatic heterocycles. The number of carboxylic acids is 1. The normalized spacial score (nSPS) is 17.1. The van der Waals surface area contributed by atoms with Crippen LogP contribution in [0.3, 0.4) is 0 Å². The summed E-state index contributed by atoms with van der Waals surface area (Å²) in [7, 11) is 0. The number of hydrogen-bond acceptors (Lipinski definition) is 3. The van der Waals surface area contributed by atoms with Gasteiger partial charge in [-0.2, -0.15) is 0 Å². The number of aryl methyl sites for hydroxylation is 1. The van der Waals surface area contributed by atoms with E-state index in [0.29, 0.717) is 12.1 Å². The number of halogens is 1. The van der Waals surface area contributed by atoms with Crippen molar-refractivity contribution in [2.45, 2.75) is 25.8 Å². The molecule has 124 valence electrons. The molecule has 0 bridgehead atoms. The fraction of sp³-hybridized carbons (Fsp3) is 0.278. The molecule has 1 unspecified atom stereocenters. The molecule has 5 nitrogen and oxygen atoms in total. The number of likely N-dealkylation sites (tertiary alicyclic amines) is 1. The first-order valence-corrected chi connectivity index (χ1v) is 8.53. The summed E-state index contributed by atoms with van der Waals surface area (Å²) < 4.78 is 1.04. The highest BCUT2D eigenvalue weighted by atomic mass is 79.9. The Bertz CT molecular complexity index is 807. The van der Waals surface area contributed by atoms with Gasteiger partial charge >= 0.3 is 5.97 Å². The van der Waals surface area contributed by atoms with Gasteiger partial charge in [-0.1, -0.05) is 28.1 Å². The van der Waals surface area contributed by atoms with Crippen LogP contribution in [0.1, 0.15) is 50.9 Å². The summed E-state index contributed by atoms with van der Waals surface area (Å²) in [5.74, 6) is -1.28. The predicted molar refractivity (Wildman–Crippen MR) is 93.1 cm³/mol. The van der Waals surface area contributed by atoms with Crippen LogP contribution in [0.5, 0.6) is 0 Å². The molecule has 1 aliphatic heterocycles. The second-order valence-corrected chi connectivity index (χ2v) is 6.75. The highest BCUT2D eigenvalue weighted by Crippen LogP contribution is 2.34. The zero-order valence-corrected chi connectivity index (χ0v) is 14.8. The minimum atomic E-state index is -1.13. The third-order valence-electron chi connectivity index (χ3n) is 4.31. The molecule has 0 saturated carbocycles. The monoisotopic (exact) mass is 388 g/mol. The number of carbonyl (C=O) groups is 2. The number of carbonyl (C=O) groups excluding carboxylic acids is 1. The van der Waals surface area contributed by atoms with E-state index in [-0.39, 0.29) is 17.6 Å². The Morgan fingerprint density at radius 1 is 1.29 bits per heavy atom. The number of rotatable bonds is 3. The zero-order chi connectivity index (χ0) is 17.3. The maximum Gasteiger partial charge on any atom is 0.354 e. The molecule has 1 fully saturated rings. The molecule has 2 aromatic rings. The topological polar surface area (TPSA) is 70.5 Å². The summed E-state index contributed by atoms with van der Waals surface area (Å²) in [4.78, 5) is 29.5. The molecular formula is C18H17BrN2O3. The van der Waals surface area contributed by atoms with Crippen molar-refractivity contribution in [3.8, 4) is 0 Å². The Kier molecular flexibility index (Phi) is 4.66. The summed E-state index contributed by atoms with van der Waals surface area (Å²) in [6.07, 6.45) is 3.21. The third-order valence-corrected chi connectivity index (χ3v) is 5.20. The van der Waals surface area contributed by atoms with Crippen LogP contribution in [-0.4, -0.2) is 33.4 Å². The van der Waals surface area contributed by atoms with Crippen LogP contribution in [0.4, 0.5) is 0 Å². The van der Waals surface area contributed by atoms with E-state index in [9.17, 15) is 9.59 Å². The van der Waals surface area contributed by atoms with Gasteiger partial charge in [0.2, 0.25) is 0 Å². The molecule has 1 N–H and O–H groups in total. The molecule has 0 aliphatic carbocycles. The number of benzene rings is 1. The van der Waals surface area contributed by atoms with Gasteiger partial charge in [0.05, 0.1) is 6.04 Å². The number of pyridine rings is 1. The van der Waals surface area contributed by atoms with E-state index in [1.54, 1.807) is 6.07 Å². The van der Waals surface area contributed by atoms with Crippen molar-refractivity contribution in [1.29, 1.82) is 0 Å². The van der Waals surface area contributed by atoms with Crippen molar-refractivity contribution in [3.05, 3.63) is 63.4 Å². The number of carboxylic acid groups (broad SMARTS) is 1. The lowest BCUT2D eigenvalue weighted by molar-refractivity contribution is 0.0690. The van der Waals surface area contributed by atoms with Crippen molar-refractivity contribution in [2.75, 3.05) is 6.54 Å². The molecule has 0 radical (unpaired) electrons. The van der Waals surface area contributed by atoms with E-state index in [4.69, 9.17) is 5.11 Å². The van der Waals surface area contributed by atoms with E-state index in [0.717, 1.165) is 28.4 Å². The lowest BCUT2D eigenvalue weighted by Gasteiger charge is -2.25. The maximum atomic E-state index is 12.9. The van der Waals surface area contributed by atoms with Gasteiger partial charge in [-0.3, -0.25) is 4.79 Å². The van der Waals surface area contributed by atoms with Crippen molar-refractivity contribution in [2.24, 2.45) is 0 Å². The predicted octanol–water partition coefficient (Wildman–Crippen LogP) is 3.83. The first-order valence-electron chi connectivity index (χ1n) is 7.73. The van der Waals surface area contributed by atoms with Gasteiger partial charge in [0.15, 0.2) is 0 Å². The second-order valence-electron chi connectivity index (χ2n) is 5.90. The van der Waals surface area contributed by atoms with Crippen LogP contribution in [-0.2, 0) is 0 Å². The van der Waals surface area contributed by atoms with Gasteiger partial charge in [0.25, 0.3) is 5.91 Å². The van der Waals surface area contributed by atoms with Gasteiger partial charge in [0.1, 0.15) is 5.69 Å². The fourth-order valence-electron chi connectivity index (χ4n) is 3.08. The van der Waals surface area contributed by atoms with Crippen LogP contribution in [0.15, 0.2) is 41.0 Å². The average molecular weight is 389 g/mol. The number of hydrogen-bond donors (Lipinski definition) is 1. The van der Waals surface area contributed by atoms with E-state index in [2.05, 4.69) is 27.0 Å². The summed E-state index contributed by atoms with van der Waals surface area (Å²) in [5, 5.41) is 9.05. The Balaban J connectivity index is 1.89. The molecule has 1 atom stereocenters. The van der Waals surface area contributed by atoms with Crippen molar-refractivity contribution < 1.29 is 14.7 Å². The van der Waals surface area contributed by atoms with Gasteiger partial charge in [0, 0.05) is 22.8 Å². The van der Waals surface area contributed by atoms with E-state index in [1.165, 1.54) is 12.3 Å². The van der Waals surface area contributed by atoms with Crippen LogP contribution in [0, 0.1) is 6.92 Å². The first kappa shape index (κ1) is 16.6. The van der Waals surface area contributed by atoms with Gasteiger partial charge < -0.3 is 10.0 Å². The Morgan fingerprint density at radius 3 is 2.79 bits per heavy atom. The number of amides is 1. The van der Waals surface area contributed by atoms with Gasteiger partial charge in [-0.25, -0.2) is 9.78 Å². The standard InChI is InChI=1S/C18H17BrN2O3/c1-11-9-12(4-5-14(11)19)16-3-2-8-21(16)17(22)13-6-7-20-15(10-13)18(23)24/h4-7,9-10,16H,2-3,8H2,1H3,(H,23,24). The Morgan fingerprint density at radius 2 is 2.08 bits per heavy atom. The molecular weight excluding hydrogens is 372 g/mol. The van der Waals surface area contributed by atoms with Gasteiger partial charge in [-0.15, -0.1) is 0 Å². The largest absolute Gasteiger partial charge is 0.477 e.